The minimum absolute atomic E-state index is 0.0157. The standard InChI is InChI=1S/C12H20N6O/c1-7(2)10-11(15-6-16-12(10)18-13)14-5-9(19)17-8-3-4-8/h6-8H,3-5,13H2,1-2H3,(H,17,19)(H2,14,15,16,18). The maximum absolute atomic E-state index is 11.6. The maximum Gasteiger partial charge on any atom is 0.239 e. The van der Waals surface area contributed by atoms with Crippen molar-refractivity contribution in [2.75, 3.05) is 17.3 Å². The Hall–Kier alpha value is -1.89. The Morgan fingerprint density at radius 2 is 2.11 bits per heavy atom. The third kappa shape index (κ3) is 3.54. The van der Waals surface area contributed by atoms with Gasteiger partial charge in [0.1, 0.15) is 18.0 Å². The van der Waals surface area contributed by atoms with E-state index in [1.54, 1.807) is 0 Å². The average Bonchev–Trinajstić information content (AvgIpc) is 3.19. The summed E-state index contributed by atoms with van der Waals surface area (Å²) in [7, 11) is 0. The summed E-state index contributed by atoms with van der Waals surface area (Å²) >= 11 is 0. The smallest absolute Gasteiger partial charge is 0.239 e. The summed E-state index contributed by atoms with van der Waals surface area (Å²) in [6.45, 7) is 4.25. The molecule has 2 rings (SSSR count). The molecule has 0 aliphatic heterocycles. The zero-order valence-corrected chi connectivity index (χ0v) is 11.2. The number of carbonyl (C=O) groups is 1. The molecule has 0 saturated heterocycles. The van der Waals surface area contributed by atoms with Crippen molar-refractivity contribution in [2.45, 2.75) is 38.6 Å². The number of hydrogen-bond donors (Lipinski definition) is 4. The molecule has 1 amide bonds. The van der Waals surface area contributed by atoms with Crippen LogP contribution in [0.3, 0.4) is 0 Å². The van der Waals surface area contributed by atoms with Gasteiger partial charge in [-0.25, -0.2) is 15.8 Å². The number of hydrazine groups is 1. The van der Waals surface area contributed by atoms with Gasteiger partial charge in [0.2, 0.25) is 5.91 Å². The minimum Gasteiger partial charge on any atom is -0.361 e. The molecular weight excluding hydrogens is 244 g/mol. The van der Waals surface area contributed by atoms with Crippen LogP contribution in [0.15, 0.2) is 6.33 Å². The van der Waals surface area contributed by atoms with E-state index in [9.17, 15) is 4.79 Å². The first-order valence-electron chi connectivity index (χ1n) is 6.46. The normalized spacial score (nSPS) is 14.3. The van der Waals surface area contributed by atoms with E-state index in [4.69, 9.17) is 5.84 Å². The summed E-state index contributed by atoms with van der Waals surface area (Å²) in [6, 6.07) is 0.366. The van der Waals surface area contributed by atoms with Crippen molar-refractivity contribution in [1.29, 1.82) is 0 Å². The van der Waals surface area contributed by atoms with E-state index >= 15 is 0 Å². The first-order chi connectivity index (χ1) is 9.11. The molecule has 7 heteroatoms. The largest absolute Gasteiger partial charge is 0.361 e. The van der Waals surface area contributed by atoms with E-state index in [1.165, 1.54) is 6.33 Å². The molecule has 1 heterocycles. The number of carbonyl (C=O) groups excluding carboxylic acids is 1. The molecule has 7 nitrogen and oxygen atoms in total. The van der Waals surface area contributed by atoms with Gasteiger partial charge < -0.3 is 16.1 Å². The van der Waals surface area contributed by atoms with Gasteiger partial charge in [-0.2, -0.15) is 0 Å². The van der Waals surface area contributed by atoms with Gasteiger partial charge in [-0.05, 0) is 18.8 Å². The lowest BCUT2D eigenvalue weighted by molar-refractivity contribution is -0.119. The number of aromatic nitrogens is 2. The highest BCUT2D eigenvalue weighted by molar-refractivity contribution is 5.81. The number of rotatable bonds is 6. The molecule has 1 aromatic heterocycles. The Labute approximate surface area is 112 Å². The first kappa shape index (κ1) is 13.5. The van der Waals surface area contributed by atoms with Gasteiger partial charge in [0.25, 0.3) is 0 Å². The highest BCUT2D eigenvalue weighted by atomic mass is 16.2. The predicted octanol–water partition coefficient (Wildman–Crippen LogP) is 0.576. The van der Waals surface area contributed by atoms with Crippen molar-refractivity contribution in [1.82, 2.24) is 15.3 Å². The molecule has 1 aromatic rings. The van der Waals surface area contributed by atoms with E-state index in [0.717, 1.165) is 18.4 Å². The van der Waals surface area contributed by atoms with Crippen molar-refractivity contribution in [3.8, 4) is 0 Å². The molecule has 19 heavy (non-hydrogen) atoms. The molecule has 5 N–H and O–H groups in total. The summed E-state index contributed by atoms with van der Waals surface area (Å²) in [6.07, 6.45) is 3.58. The van der Waals surface area contributed by atoms with E-state index in [-0.39, 0.29) is 18.4 Å². The second-order valence-electron chi connectivity index (χ2n) is 4.98. The summed E-state index contributed by atoms with van der Waals surface area (Å²) in [5.74, 6) is 6.84. The van der Waals surface area contributed by atoms with Crippen molar-refractivity contribution >= 4 is 17.5 Å². The molecule has 1 aliphatic carbocycles. The second kappa shape index (κ2) is 5.83. The highest BCUT2D eigenvalue weighted by Gasteiger charge is 2.23. The van der Waals surface area contributed by atoms with Gasteiger partial charge in [0.15, 0.2) is 0 Å². The Morgan fingerprint density at radius 1 is 1.42 bits per heavy atom. The number of hydrogen-bond acceptors (Lipinski definition) is 6. The maximum atomic E-state index is 11.6. The van der Waals surface area contributed by atoms with Crippen molar-refractivity contribution in [3.63, 3.8) is 0 Å². The molecule has 0 spiro atoms. The van der Waals surface area contributed by atoms with Gasteiger partial charge >= 0.3 is 0 Å². The number of amides is 1. The monoisotopic (exact) mass is 264 g/mol. The van der Waals surface area contributed by atoms with Gasteiger partial charge in [-0.1, -0.05) is 13.8 Å². The summed E-state index contributed by atoms with van der Waals surface area (Å²) < 4.78 is 0. The minimum atomic E-state index is -0.0157. The molecule has 1 aliphatic rings. The fraction of sp³-hybridized carbons (Fsp3) is 0.583. The Kier molecular flexibility index (Phi) is 4.16. The Balaban J connectivity index is 2.03. The molecule has 0 unspecified atom stereocenters. The summed E-state index contributed by atoms with van der Waals surface area (Å²) in [4.78, 5) is 19.9. The molecule has 0 aromatic carbocycles. The summed E-state index contributed by atoms with van der Waals surface area (Å²) in [5, 5.41) is 5.96. The van der Waals surface area contributed by atoms with Gasteiger partial charge in [-0.15, -0.1) is 0 Å². The predicted molar refractivity (Wildman–Crippen MR) is 73.6 cm³/mol. The van der Waals surface area contributed by atoms with Crippen LogP contribution in [0, 0.1) is 0 Å². The van der Waals surface area contributed by atoms with Crippen LogP contribution in [0.2, 0.25) is 0 Å². The first-order valence-corrected chi connectivity index (χ1v) is 6.46. The van der Waals surface area contributed by atoms with Crippen molar-refractivity contribution in [3.05, 3.63) is 11.9 Å². The summed E-state index contributed by atoms with van der Waals surface area (Å²) in [5.41, 5.74) is 3.43. The van der Waals surface area contributed by atoms with Crippen LogP contribution in [0.25, 0.3) is 0 Å². The van der Waals surface area contributed by atoms with E-state index in [0.29, 0.717) is 17.7 Å². The topological polar surface area (TPSA) is 105 Å². The molecule has 0 radical (unpaired) electrons. The molecule has 1 fully saturated rings. The van der Waals surface area contributed by atoms with E-state index < -0.39 is 0 Å². The van der Waals surface area contributed by atoms with Crippen LogP contribution in [-0.2, 0) is 4.79 Å². The lowest BCUT2D eigenvalue weighted by Gasteiger charge is -2.16. The number of nitrogen functional groups attached to an aromatic ring is 1. The zero-order chi connectivity index (χ0) is 13.8. The molecular formula is C12H20N6O. The number of nitrogens with one attached hydrogen (secondary N) is 3. The lowest BCUT2D eigenvalue weighted by Crippen LogP contribution is -2.32. The molecule has 0 atom stereocenters. The number of nitrogens with zero attached hydrogens (tertiary/aromatic N) is 2. The Morgan fingerprint density at radius 3 is 2.68 bits per heavy atom. The third-order valence-corrected chi connectivity index (χ3v) is 2.96. The van der Waals surface area contributed by atoms with Crippen molar-refractivity contribution < 1.29 is 4.79 Å². The fourth-order valence-electron chi connectivity index (χ4n) is 1.87. The van der Waals surface area contributed by atoms with Crippen LogP contribution >= 0.6 is 0 Å². The lowest BCUT2D eigenvalue weighted by atomic mass is 10.0. The van der Waals surface area contributed by atoms with Crippen LogP contribution < -0.4 is 21.9 Å². The van der Waals surface area contributed by atoms with Crippen LogP contribution in [-0.4, -0.2) is 28.5 Å². The SMILES string of the molecule is CC(C)c1c(NN)ncnc1NCC(=O)NC1CC1. The van der Waals surface area contributed by atoms with Crippen LogP contribution in [0.5, 0.6) is 0 Å². The quantitative estimate of drug-likeness (QED) is 0.442. The number of nitrogens with two attached hydrogens (primary N) is 1. The zero-order valence-electron chi connectivity index (χ0n) is 11.2. The van der Waals surface area contributed by atoms with Crippen LogP contribution in [0.1, 0.15) is 38.2 Å². The molecule has 0 bridgehead atoms. The molecule has 104 valence electrons. The second-order valence-corrected chi connectivity index (χ2v) is 4.98. The van der Waals surface area contributed by atoms with E-state index in [1.807, 2.05) is 13.8 Å². The van der Waals surface area contributed by atoms with Gasteiger partial charge in [0, 0.05) is 11.6 Å². The highest BCUT2D eigenvalue weighted by Crippen LogP contribution is 2.27. The number of anilines is 2. The Bertz CT molecular complexity index is 458. The molecule has 1 saturated carbocycles. The van der Waals surface area contributed by atoms with E-state index in [2.05, 4.69) is 26.0 Å². The van der Waals surface area contributed by atoms with Gasteiger partial charge in [-0.3, -0.25) is 4.79 Å². The fourth-order valence-corrected chi connectivity index (χ4v) is 1.87. The average molecular weight is 264 g/mol. The van der Waals surface area contributed by atoms with Gasteiger partial charge in [0.05, 0.1) is 6.54 Å². The van der Waals surface area contributed by atoms with Crippen LogP contribution in [0.4, 0.5) is 11.6 Å². The van der Waals surface area contributed by atoms with Crippen molar-refractivity contribution in [2.24, 2.45) is 5.84 Å². The third-order valence-electron chi connectivity index (χ3n) is 2.96.